The lowest BCUT2D eigenvalue weighted by molar-refractivity contribution is -0.384. The van der Waals surface area contributed by atoms with E-state index in [9.17, 15) is 19.7 Å². The maximum Gasteiger partial charge on any atom is 0.288 e. The van der Waals surface area contributed by atoms with Crippen molar-refractivity contribution in [3.8, 4) is 0 Å². The highest BCUT2D eigenvalue weighted by Gasteiger charge is 2.16. The number of nitrogens with one attached hydrogen (secondary N) is 1. The van der Waals surface area contributed by atoms with E-state index in [0.29, 0.717) is 11.3 Å². The Hall–Kier alpha value is -2.74. The number of aryl methyl sites for hydroxylation is 1. The molecule has 1 amide bonds. The molecule has 0 bridgehead atoms. The summed E-state index contributed by atoms with van der Waals surface area (Å²) in [6.45, 7) is 3.86. The van der Waals surface area contributed by atoms with Crippen LogP contribution in [0.25, 0.3) is 0 Å². The average Bonchev–Trinajstić information content (AvgIpc) is 2.54. The first-order valence-corrected chi connectivity index (χ1v) is 7.44. The zero-order chi connectivity index (χ0) is 17.9. The van der Waals surface area contributed by atoms with Gasteiger partial charge in [0.15, 0.2) is 0 Å². The first kappa shape index (κ1) is 17.6. The molecule has 1 N–H and O–H groups in total. The molecule has 0 spiro atoms. The van der Waals surface area contributed by atoms with Crippen LogP contribution in [-0.2, 0) is 6.54 Å². The van der Waals surface area contributed by atoms with Gasteiger partial charge in [0.25, 0.3) is 17.2 Å². The number of rotatable bonds is 5. The second-order valence-corrected chi connectivity index (χ2v) is 5.54. The van der Waals surface area contributed by atoms with Gasteiger partial charge < -0.3 is 5.32 Å². The highest BCUT2D eigenvalue weighted by molar-refractivity contribution is 6.32. The van der Waals surface area contributed by atoms with E-state index in [1.807, 2.05) is 0 Å². The molecule has 0 aliphatic heterocycles. The summed E-state index contributed by atoms with van der Waals surface area (Å²) in [5.74, 6) is -0.486. The summed E-state index contributed by atoms with van der Waals surface area (Å²) in [5.41, 5.74) is 0.834. The Bertz CT molecular complexity index is 863. The van der Waals surface area contributed by atoms with Crippen LogP contribution in [0, 0.1) is 24.0 Å². The Kier molecular flexibility index (Phi) is 5.30. The van der Waals surface area contributed by atoms with Crippen LogP contribution in [0.3, 0.4) is 0 Å². The summed E-state index contributed by atoms with van der Waals surface area (Å²) in [6, 6.07) is 3.81. The van der Waals surface area contributed by atoms with E-state index >= 15 is 0 Å². The lowest BCUT2D eigenvalue weighted by Gasteiger charge is -2.09. The molecule has 2 rings (SSSR count). The number of halogens is 1. The molecule has 1 heterocycles. The highest BCUT2D eigenvalue weighted by atomic mass is 35.5. The van der Waals surface area contributed by atoms with Crippen molar-refractivity contribution in [2.24, 2.45) is 0 Å². The number of nitro groups is 1. The zero-order valence-electron chi connectivity index (χ0n) is 13.1. The minimum atomic E-state index is -0.653. The van der Waals surface area contributed by atoms with Crippen LogP contribution >= 0.6 is 11.6 Å². The van der Waals surface area contributed by atoms with Gasteiger partial charge in [-0.25, -0.2) is 4.98 Å². The molecule has 24 heavy (non-hydrogen) atoms. The van der Waals surface area contributed by atoms with E-state index in [2.05, 4.69) is 10.3 Å². The molecule has 0 unspecified atom stereocenters. The summed E-state index contributed by atoms with van der Waals surface area (Å²) >= 11 is 5.71. The van der Waals surface area contributed by atoms with Gasteiger partial charge in [-0.2, -0.15) is 0 Å². The average molecular weight is 351 g/mol. The lowest BCUT2D eigenvalue weighted by atomic mass is 10.2. The van der Waals surface area contributed by atoms with Crippen molar-refractivity contribution >= 4 is 23.2 Å². The van der Waals surface area contributed by atoms with Crippen LogP contribution in [0.2, 0.25) is 5.02 Å². The molecule has 1 aromatic heterocycles. The van der Waals surface area contributed by atoms with Gasteiger partial charge in [-0.05, 0) is 26.0 Å². The third-order valence-corrected chi connectivity index (χ3v) is 3.88. The molecule has 8 nitrogen and oxygen atoms in total. The Morgan fingerprint density at radius 2 is 2.12 bits per heavy atom. The monoisotopic (exact) mass is 350 g/mol. The number of amides is 1. The van der Waals surface area contributed by atoms with Crippen molar-refractivity contribution in [2.45, 2.75) is 20.4 Å². The Labute approximate surface area is 142 Å². The Balaban J connectivity index is 2.04. The summed E-state index contributed by atoms with van der Waals surface area (Å²) in [7, 11) is 0. The van der Waals surface area contributed by atoms with Crippen LogP contribution in [0.5, 0.6) is 0 Å². The Morgan fingerprint density at radius 3 is 2.79 bits per heavy atom. The quantitative estimate of drug-likeness (QED) is 0.654. The molecular formula is C15H15ClN4O4. The van der Waals surface area contributed by atoms with Crippen LogP contribution in [-0.4, -0.2) is 26.9 Å². The number of carbonyl (C=O) groups is 1. The normalized spacial score (nSPS) is 10.5. The van der Waals surface area contributed by atoms with E-state index in [1.165, 1.54) is 23.0 Å². The number of nitrogens with zero attached hydrogens (tertiary/aromatic N) is 3. The van der Waals surface area contributed by atoms with Crippen molar-refractivity contribution in [1.82, 2.24) is 14.9 Å². The number of aromatic nitrogens is 2. The third-order valence-electron chi connectivity index (χ3n) is 3.56. The van der Waals surface area contributed by atoms with Gasteiger partial charge in [-0.15, -0.1) is 0 Å². The third kappa shape index (κ3) is 3.77. The maximum atomic E-state index is 12.0. The predicted molar refractivity (Wildman–Crippen MR) is 88.4 cm³/mol. The van der Waals surface area contributed by atoms with Gasteiger partial charge in [0.1, 0.15) is 5.02 Å². The van der Waals surface area contributed by atoms with Gasteiger partial charge in [-0.3, -0.25) is 24.3 Å². The number of benzene rings is 1. The second kappa shape index (κ2) is 7.22. The molecule has 0 radical (unpaired) electrons. The zero-order valence-corrected chi connectivity index (χ0v) is 13.8. The molecule has 0 atom stereocenters. The number of hydrogen-bond donors (Lipinski definition) is 1. The fourth-order valence-electron chi connectivity index (χ4n) is 2.02. The topological polar surface area (TPSA) is 107 Å². The van der Waals surface area contributed by atoms with Gasteiger partial charge in [0.05, 0.1) is 11.3 Å². The minimum Gasteiger partial charge on any atom is -0.350 e. The second-order valence-electron chi connectivity index (χ2n) is 5.13. The molecule has 0 saturated carbocycles. The summed E-state index contributed by atoms with van der Waals surface area (Å²) in [6.07, 6.45) is 1.42. The van der Waals surface area contributed by atoms with Crippen LogP contribution in [0.4, 0.5) is 5.69 Å². The Morgan fingerprint density at radius 1 is 1.42 bits per heavy atom. The van der Waals surface area contributed by atoms with E-state index in [0.717, 1.165) is 6.07 Å². The SMILES string of the molecule is Cc1ncn(CCNC(=O)c2ccc(Cl)c([N+](=O)[O-])c2)c(=O)c1C. The van der Waals surface area contributed by atoms with Crippen molar-refractivity contribution in [3.63, 3.8) is 0 Å². The molecule has 0 saturated heterocycles. The van der Waals surface area contributed by atoms with Gasteiger partial charge in [-0.1, -0.05) is 11.6 Å². The number of carbonyl (C=O) groups excluding carboxylic acids is 1. The van der Waals surface area contributed by atoms with Crippen LogP contribution in [0.15, 0.2) is 29.3 Å². The van der Waals surface area contributed by atoms with Crippen molar-refractivity contribution in [3.05, 3.63) is 66.8 Å². The van der Waals surface area contributed by atoms with Gasteiger partial charge in [0, 0.05) is 36.0 Å². The molecule has 2 aromatic rings. The van der Waals surface area contributed by atoms with Gasteiger partial charge in [0.2, 0.25) is 0 Å². The summed E-state index contributed by atoms with van der Waals surface area (Å²) < 4.78 is 1.40. The standard InChI is InChI=1S/C15H15ClN4O4/c1-9-10(2)18-8-19(15(9)22)6-5-17-14(21)11-3-4-12(16)13(7-11)20(23)24/h3-4,7-8H,5-6H2,1-2H3,(H,17,21). The molecule has 0 aliphatic rings. The van der Waals surface area contributed by atoms with Crippen LogP contribution in [0.1, 0.15) is 21.6 Å². The highest BCUT2D eigenvalue weighted by Crippen LogP contribution is 2.24. The fraction of sp³-hybridized carbons (Fsp3) is 0.267. The first-order valence-electron chi connectivity index (χ1n) is 7.06. The van der Waals surface area contributed by atoms with E-state index in [4.69, 9.17) is 11.6 Å². The lowest BCUT2D eigenvalue weighted by Crippen LogP contribution is -2.32. The van der Waals surface area contributed by atoms with Crippen molar-refractivity contribution in [1.29, 1.82) is 0 Å². The first-order chi connectivity index (χ1) is 11.3. The van der Waals surface area contributed by atoms with Gasteiger partial charge >= 0.3 is 0 Å². The number of hydrogen-bond acceptors (Lipinski definition) is 5. The molecular weight excluding hydrogens is 336 g/mol. The summed E-state index contributed by atoms with van der Waals surface area (Å²) in [4.78, 5) is 38.3. The van der Waals surface area contributed by atoms with E-state index in [1.54, 1.807) is 13.8 Å². The predicted octanol–water partition coefficient (Wildman–Crippen LogP) is 1.85. The molecule has 9 heteroatoms. The molecule has 126 valence electrons. The smallest absolute Gasteiger partial charge is 0.288 e. The molecule has 0 aliphatic carbocycles. The van der Waals surface area contributed by atoms with Crippen LogP contribution < -0.4 is 10.9 Å². The van der Waals surface area contributed by atoms with E-state index in [-0.39, 0.29) is 34.9 Å². The van der Waals surface area contributed by atoms with Crippen molar-refractivity contribution in [2.75, 3.05) is 6.54 Å². The fourth-order valence-corrected chi connectivity index (χ4v) is 2.21. The minimum absolute atomic E-state index is 0.0377. The van der Waals surface area contributed by atoms with E-state index < -0.39 is 10.8 Å². The maximum absolute atomic E-state index is 12.0. The largest absolute Gasteiger partial charge is 0.350 e. The van der Waals surface area contributed by atoms with Crippen molar-refractivity contribution < 1.29 is 9.72 Å². The molecule has 1 aromatic carbocycles. The molecule has 0 fully saturated rings. The summed E-state index contributed by atoms with van der Waals surface area (Å²) in [5, 5.41) is 13.4. The number of nitro benzene ring substituents is 1.